The van der Waals surface area contributed by atoms with Crippen LogP contribution in [0.15, 0.2) is 58.6 Å². The van der Waals surface area contributed by atoms with Crippen molar-refractivity contribution in [3.63, 3.8) is 0 Å². The summed E-state index contributed by atoms with van der Waals surface area (Å²) in [7, 11) is -3.89. The van der Waals surface area contributed by atoms with Crippen LogP contribution in [0.25, 0.3) is 17.0 Å². The van der Waals surface area contributed by atoms with Crippen molar-refractivity contribution < 1.29 is 8.42 Å². The van der Waals surface area contributed by atoms with Gasteiger partial charge in [0.05, 0.1) is 5.69 Å². The van der Waals surface area contributed by atoms with Crippen molar-refractivity contribution in [1.29, 1.82) is 0 Å². The first-order chi connectivity index (χ1) is 14.3. The number of aromatic nitrogens is 5. The van der Waals surface area contributed by atoms with Gasteiger partial charge in [-0.3, -0.25) is 13.8 Å². The molecule has 0 N–H and O–H groups in total. The highest BCUT2D eigenvalue weighted by molar-refractivity contribution is 7.90. The number of hydrogen-bond acceptors (Lipinski definition) is 6. The molecule has 4 aromatic rings. The van der Waals surface area contributed by atoms with E-state index in [0.717, 1.165) is 5.56 Å². The second kappa shape index (κ2) is 7.66. The third-order valence-electron chi connectivity index (χ3n) is 4.61. The molecule has 0 saturated heterocycles. The zero-order valence-electron chi connectivity index (χ0n) is 16.3. The van der Waals surface area contributed by atoms with Crippen molar-refractivity contribution in [3.8, 4) is 11.4 Å². The van der Waals surface area contributed by atoms with Crippen molar-refractivity contribution in [2.45, 2.75) is 31.3 Å². The van der Waals surface area contributed by atoms with E-state index < -0.39 is 15.6 Å². The maximum absolute atomic E-state index is 13.1. The third kappa shape index (κ3) is 3.73. The average molecular weight is 444 g/mol. The van der Waals surface area contributed by atoms with Gasteiger partial charge in [0.2, 0.25) is 15.0 Å². The maximum atomic E-state index is 13.1. The number of rotatable bonds is 5. The van der Waals surface area contributed by atoms with Gasteiger partial charge in [-0.25, -0.2) is 13.4 Å². The summed E-state index contributed by atoms with van der Waals surface area (Å²) >= 11 is 5.93. The number of hydrogen-bond donors (Lipinski definition) is 0. The molecule has 0 unspecified atom stereocenters. The van der Waals surface area contributed by atoms with Gasteiger partial charge in [0, 0.05) is 29.4 Å². The van der Waals surface area contributed by atoms with Crippen molar-refractivity contribution in [1.82, 2.24) is 24.1 Å². The zero-order chi connectivity index (χ0) is 21.5. The number of aryl methyl sites for hydroxylation is 1. The Hall–Kier alpha value is -3.04. The normalized spacial score (nSPS) is 11.8. The van der Waals surface area contributed by atoms with Gasteiger partial charge in [-0.2, -0.15) is 0 Å². The van der Waals surface area contributed by atoms with Gasteiger partial charge in [0.1, 0.15) is 11.4 Å². The molecule has 0 aliphatic carbocycles. The summed E-state index contributed by atoms with van der Waals surface area (Å²) in [4.78, 5) is 16.7. The van der Waals surface area contributed by atoms with Crippen LogP contribution in [0, 0.1) is 6.92 Å². The number of fused-ring (bicyclic) bond motifs is 1. The first kappa shape index (κ1) is 20.2. The largest absolute Gasteiger partial charge is 0.298 e. The highest BCUT2D eigenvalue weighted by Crippen LogP contribution is 2.24. The molecule has 0 aliphatic rings. The minimum Gasteiger partial charge on any atom is -0.298 e. The van der Waals surface area contributed by atoms with Crippen molar-refractivity contribution in [3.05, 3.63) is 75.3 Å². The molecule has 0 saturated carbocycles. The molecule has 3 aromatic heterocycles. The number of nitrogens with zero attached hydrogens (tertiary/aromatic N) is 5. The topological polar surface area (TPSA) is 99.2 Å². The third-order valence-corrected chi connectivity index (χ3v) is 6.40. The van der Waals surface area contributed by atoms with Crippen LogP contribution in [-0.4, -0.2) is 32.6 Å². The van der Waals surface area contributed by atoms with Crippen LogP contribution >= 0.6 is 11.6 Å². The first-order valence-corrected chi connectivity index (χ1v) is 11.2. The van der Waals surface area contributed by atoms with E-state index in [-0.39, 0.29) is 16.4 Å². The van der Waals surface area contributed by atoms with E-state index in [4.69, 9.17) is 11.6 Å². The molecule has 0 amide bonds. The fourth-order valence-corrected chi connectivity index (χ4v) is 4.72. The Labute approximate surface area is 177 Å². The van der Waals surface area contributed by atoms with E-state index in [1.165, 1.54) is 15.0 Å². The van der Waals surface area contributed by atoms with Crippen LogP contribution in [0.2, 0.25) is 5.02 Å². The number of halogens is 1. The van der Waals surface area contributed by atoms with E-state index in [2.05, 4.69) is 15.2 Å². The number of pyridine rings is 1. The van der Waals surface area contributed by atoms with Crippen LogP contribution in [0.5, 0.6) is 0 Å². The van der Waals surface area contributed by atoms with E-state index in [1.807, 2.05) is 19.9 Å². The Morgan fingerprint density at radius 2 is 1.80 bits per heavy atom. The van der Waals surface area contributed by atoms with Gasteiger partial charge in [-0.15, -0.1) is 10.2 Å². The molecule has 4 rings (SSSR count). The Bertz CT molecular complexity index is 1410. The fourth-order valence-electron chi connectivity index (χ4n) is 3.21. The van der Waals surface area contributed by atoms with Crippen LogP contribution in [0.3, 0.4) is 0 Å². The quantitative estimate of drug-likeness (QED) is 0.470. The number of sulfone groups is 1. The molecule has 0 radical (unpaired) electrons. The average Bonchev–Trinajstić information content (AvgIpc) is 3.14. The van der Waals surface area contributed by atoms with Gasteiger partial charge in [0.25, 0.3) is 5.56 Å². The summed E-state index contributed by atoms with van der Waals surface area (Å²) in [6.07, 6.45) is 1.66. The molecule has 0 bridgehead atoms. The Balaban J connectivity index is 1.74. The molecule has 30 heavy (non-hydrogen) atoms. The Kier molecular flexibility index (Phi) is 5.17. The summed E-state index contributed by atoms with van der Waals surface area (Å²) in [6.45, 7) is 4.03. The molecule has 154 valence electrons. The molecule has 10 heteroatoms. The fraction of sp³-hybridized carbons (Fsp3) is 0.200. The van der Waals surface area contributed by atoms with Gasteiger partial charge >= 0.3 is 0 Å². The van der Waals surface area contributed by atoms with Crippen LogP contribution in [-0.2, 0) is 22.1 Å². The predicted octanol–water partition coefficient (Wildman–Crippen LogP) is 2.91. The lowest BCUT2D eigenvalue weighted by atomic mass is 10.2. The maximum Gasteiger partial charge on any atom is 0.258 e. The summed E-state index contributed by atoms with van der Waals surface area (Å²) in [5.74, 6) is -0.0273. The second-order valence-corrected chi connectivity index (χ2v) is 9.16. The van der Waals surface area contributed by atoms with Crippen molar-refractivity contribution >= 4 is 27.1 Å². The SMILES string of the molecule is CCn1c(-c2ccc(Cl)cc2)nnc1S(=O)(=O)Cc1cc(=O)n2cc(C)ccc2n1. The molecule has 1 aromatic carbocycles. The predicted molar refractivity (Wildman–Crippen MR) is 113 cm³/mol. The standard InChI is InChI=1S/C20H18ClN5O3S/c1-3-25-19(14-5-7-15(21)8-6-14)23-24-20(25)30(28,29)12-16-10-18(27)26-11-13(2)4-9-17(26)22-16/h4-11H,3,12H2,1-2H3. The Morgan fingerprint density at radius 1 is 1.07 bits per heavy atom. The van der Waals surface area contributed by atoms with Crippen LogP contribution in [0.4, 0.5) is 0 Å². The van der Waals surface area contributed by atoms with Crippen LogP contribution in [0.1, 0.15) is 18.2 Å². The lowest BCUT2D eigenvalue weighted by molar-refractivity contribution is 0.568. The number of benzene rings is 1. The molecule has 3 heterocycles. The molecule has 0 atom stereocenters. The zero-order valence-corrected chi connectivity index (χ0v) is 17.9. The van der Waals surface area contributed by atoms with Gasteiger partial charge in [0.15, 0.2) is 5.82 Å². The highest BCUT2D eigenvalue weighted by Gasteiger charge is 2.26. The van der Waals surface area contributed by atoms with E-state index >= 15 is 0 Å². The first-order valence-electron chi connectivity index (χ1n) is 9.19. The molecule has 0 spiro atoms. The van der Waals surface area contributed by atoms with Crippen molar-refractivity contribution in [2.75, 3.05) is 0 Å². The molecule has 8 nitrogen and oxygen atoms in total. The molecule has 0 fully saturated rings. The smallest absolute Gasteiger partial charge is 0.258 e. The minimum absolute atomic E-state index is 0.155. The molecular formula is C20H18ClN5O3S. The lowest BCUT2D eigenvalue weighted by Gasteiger charge is -2.09. The molecule has 0 aliphatic heterocycles. The molecular weight excluding hydrogens is 426 g/mol. The monoisotopic (exact) mass is 443 g/mol. The highest BCUT2D eigenvalue weighted by atomic mass is 35.5. The van der Waals surface area contributed by atoms with Gasteiger partial charge in [-0.1, -0.05) is 17.7 Å². The van der Waals surface area contributed by atoms with Gasteiger partial charge in [-0.05, 0) is 49.7 Å². The van der Waals surface area contributed by atoms with Crippen molar-refractivity contribution in [2.24, 2.45) is 0 Å². The summed E-state index contributed by atoms with van der Waals surface area (Å²) in [6, 6.07) is 11.6. The van der Waals surface area contributed by atoms with E-state index in [0.29, 0.717) is 28.6 Å². The minimum atomic E-state index is -3.89. The second-order valence-electron chi connectivity index (χ2n) is 6.84. The van der Waals surface area contributed by atoms with Gasteiger partial charge < -0.3 is 0 Å². The summed E-state index contributed by atoms with van der Waals surface area (Å²) < 4.78 is 29.1. The van der Waals surface area contributed by atoms with E-state index in [9.17, 15) is 13.2 Å². The van der Waals surface area contributed by atoms with E-state index in [1.54, 1.807) is 36.5 Å². The summed E-state index contributed by atoms with van der Waals surface area (Å²) in [5.41, 5.74) is 1.80. The summed E-state index contributed by atoms with van der Waals surface area (Å²) in [5, 5.41) is 8.41. The lowest BCUT2D eigenvalue weighted by Crippen LogP contribution is -2.19. The van der Waals surface area contributed by atoms with Crippen LogP contribution < -0.4 is 5.56 Å². The Morgan fingerprint density at radius 3 is 2.50 bits per heavy atom.